The molecule has 4 heterocycles. The van der Waals surface area contributed by atoms with Crippen LogP contribution in [-0.2, 0) is 0 Å². The van der Waals surface area contributed by atoms with Gasteiger partial charge in [0.15, 0.2) is 0 Å². The van der Waals surface area contributed by atoms with Crippen molar-refractivity contribution in [1.82, 2.24) is 9.97 Å². The third-order valence-corrected chi connectivity index (χ3v) is 12.6. The molecule has 0 fully saturated rings. The van der Waals surface area contributed by atoms with E-state index in [0.717, 1.165) is 33.3 Å². The summed E-state index contributed by atoms with van der Waals surface area (Å²) in [7, 11) is 0. The maximum atomic E-state index is 5.04. The lowest BCUT2D eigenvalue weighted by Crippen LogP contribution is -2.61. The number of aryl methyl sites for hydroxylation is 6. The Balaban J connectivity index is 1.23. The summed E-state index contributed by atoms with van der Waals surface area (Å²) in [6, 6.07) is 51.7. The van der Waals surface area contributed by atoms with E-state index in [-0.39, 0.29) is 6.71 Å². The summed E-state index contributed by atoms with van der Waals surface area (Å²) in [5, 5.41) is 4.65. The Kier molecular flexibility index (Phi) is 7.93. The minimum Gasteiger partial charge on any atom is -0.311 e. The molecule has 9 aromatic rings. The maximum Gasteiger partial charge on any atom is 0.252 e. The number of hydrogen-bond acceptors (Lipinski definition) is 4. The molecule has 2 aliphatic heterocycles. The van der Waals surface area contributed by atoms with Crippen molar-refractivity contribution in [2.45, 2.75) is 41.5 Å². The first-order valence-electron chi connectivity index (χ1n) is 20.6. The van der Waals surface area contributed by atoms with E-state index in [0.29, 0.717) is 0 Å². The van der Waals surface area contributed by atoms with Crippen molar-refractivity contribution in [3.05, 3.63) is 185 Å². The van der Waals surface area contributed by atoms with Gasteiger partial charge in [0.1, 0.15) is 0 Å². The van der Waals surface area contributed by atoms with Crippen LogP contribution in [0.1, 0.15) is 33.4 Å². The number of aromatic nitrogens is 2. The zero-order valence-electron chi connectivity index (χ0n) is 34.3. The predicted octanol–water partition coefficient (Wildman–Crippen LogP) is 12.1. The molecule has 0 spiro atoms. The predicted molar refractivity (Wildman–Crippen MR) is 250 cm³/mol. The van der Waals surface area contributed by atoms with E-state index in [1.807, 2.05) is 12.4 Å². The van der Waals surface area contributed by atoms with Crippen molar-refractivity contribution in [2.24, 2.45) is 0 Å². The third-order valence-electron chi connectivity index (χ3n) is 12.6. The highest BCUT2D eigenvalue weighted by atomic mass is 15.2. The summed E-state index contributed by atoms with van der Waals surface area (Å²) in [5.41, 5.74) is 22.8. The molecule has 0 bridgehead atoms. The van der Waals surface area contributed by atoms with Crippen molar-refractivity contribution in [3.63, 3.8) is 0 Å². The van der Waals surface area contributed by atoms with Crippen molar-refractivity contribution < 1.29 is 0 Å². The fraction of sp³-hybridized carbons (Fsp3) is 0.111. The number of benzene rings is 7. The minimum absolute atomic E-state index is 0.0587. The van der Waals surface area contributed by atoms with Crippen LogP contribution < -0.4 is 26.2 Å². The largest absolute Gasteiger partial charge is 0.311 e. The lowest BCUT2D eigenvalue weighted by Gasteiger charge is -2.45. The zero-order chi connectivity index (χ0) is 40.1. The van der Waals surface area contributed by atoms with Gasteiger partial charge in [0.05, 0.1) is 22.8 Å². The van der Waals surface area contributed by atoms with Gasteiger partial charge in [-0.3, -0.25) is 9.97 Å². The van der Waals surface area contributed by atoms with Gasteiger partial charge in [0.25, 0.3) is 6.71 Å². The average Bonchev–Trinajstić information content (AvgIpc) is 3.23. The fourth-order valence-corrected chi connectivity index (χ4v) is 10.3. The molecule has 59 heavy (non-hydrogen) atoms. The van der Waals surface area contributed by atoms with Crippen LogP contribution >= 0.6 is 0 Å². The SMILES string of the molecule is Cc1cc(C)c(N2c3ccc(-c4cc5ccccc5cn4)cc3B3c4cc(-c5cc6ccccc6cn5)ccc4N(c4c(C)cc(C)cc4C)c4cccc2c43)c(C)c1. The second-order valence-electron chi connectivity index (χ2n) is 16.7. The molecule has 0 radical (unpaired) electrons. The van der Waals surface area contributed by atoms with Crippen LogP contribution in [0.5, 0.6) is 0 Å². The number of pyridine rings is 2. The van der Waals surface area contributed by atoms with Gasteiger partial charge in [0, 0.05) is 45.9 Å². The van der Waals surface area contributed by atoms with Crippen LogP contribution in [0.25, 0.3) is 44.1 Å². The number of rotatable bonds is 4. The fourth-order valence-electron chi connectivity index (χ4n) is 10.3. The smallest absolute Gasteiger partial charge is 0.252 e. The molecule has 0 unspecified atom stereocenters. The highest BCUT2D eigenvalue weighted by Crippen LogP contribution is 2.47. The molecule has 0 amide bonds. The highest BCUT2D eigenvalue weighted by molar-refractivity contribution is 7.00. The summed E-state index contributed by atoms with van der Waals surface area (Å²) in [6.07, 6.45) is 4.01. The number of hydrogen-bond donors (Lipinski definition) is 0. The van der Waals surface area contributed by atoms with Gasteiger partial charge in [-0.1, -0.05) is 114 Å². The molecule has 0 aliphatic carbocycles. The Labute approximate surface area is 346 Å². The first-order valence-corrected chi connectivity index (χ1v) is 20.6. The van der Waals surface area contributed by atoms with Gasteiger partial charge in [-0.05, 0) is 138 Å². The molecule has 7 aromatic carbocycles. The normalized spacial score (nSPS) is 12.8. The minimum atomic E-state index is -0.0587. The van der Waals surface area contributed by atoms with Crippen molar-refractivity contribution in [3.8, 4) is 22.5 Å². The van der Waals surface area contributed by atoms with Crippen molar-refractivity contribution in [1.29, 1.82) is 0 Å². The van der Waals surface area contributed by atoms with E-state index in [9.17, 15) is 0 Å². The van der Waals surface area contributed by atoms with Crippen molar-refractivity contribution >= 4 is 78.8 Å². The molecular weight excluding hydrogens is 715 g/mol. The average molecular weight is 759 g/mol. The number of anilines is 6. The summed E-state index contributed by atoms with van der Waals surface area (Å²) >= 11 is 0. The number of nitrogens with zero attached hydrogens (tertiary/aromatic N) is 4. The van der Waals surface area contributed by atoms with E-state index in [4.69, 9.17) is 9.97 Å². The Morgan fingerprint density at radius 1 is 0.390 bits per heavy atom. The first kappa shape index (κ1) is 35.2. The van der Waals surface area contributed by atoms with E-state index in [2.05, 4.69) is 191 Å². The van der Waals surface area contributed by atoms with Crippen LogP contribution in [-0.4, -0.2) is 16.7 Å². The van der Waals surface area contributed by atoms with Gasteiger partial charge in [-0.15, -0.1) is 0 Å². The van der Waals surface area contributed by atoms with Crippen LogP contribution in [0.3, 0.4) is 0 Å². The summed E-state index contributed by atoms with van der Waals surface area (Å²) in [5.74, 6) is 0. The standard InChI is InChI=1S/C54H43BN4/c1-32-22-34(3)53(35(4)23-32)58-48-20-18-40(46-28-38-12-7-9-14-42(38)30-56-46)26-44(48)55-45-27-41(47-29-39-13-8-10-15-43(39)31-57-47)19-21-49(45)59(51-17-11-16-50(58)52(51)55)54-36(5)24-33(2)25-37(54)6/h7-31H,1-6H3. The monoisotopic (exact) mass is 758 g/mol. The van der Waals surface area contributed by atoms with E-state index < -0.39 is 0 Å². The zero-order valence-corrected chi connectivity index (χ0v) is 34.3. The molecule has 11 rings (SSSR count). The quantitative estimate of drug-likeness (QED) is 0.167. The molecule has 282 valence electrons. The van der Waals surface area contributed by atoms with Crippen LogP contribution in [0.2, 0.25) is 0 Å². The maximum absolute atomic E-state index is 5.04. The van der Waals surface area contributed by atoms with Crippen LogP contribution in [0, 0.1) is 41.5 Å². The second kappa shape index (κ2) is 13.3. The van der Waals surface area contributed by atoms with E-state index in [1.165, 1.54) is 94.7 Å². The summed E-state index contributed by atoms with van der Waals surface area (Å²) < 4.78 is 0. The molecule has 0 saturated heterocycles. The Hall–Kier alpha value is -6.98. The van der Waals surface area contributed by atoms with E-state index in [1.54, 1.807) is 0 Å². The van der Waals surface area contributed by atoms with Gasteiger partial charge >= 0.3 is 0 Å². The number of fused-ring (bicyclic) bond motifs is 6. The second-order valence-corrected chi connectivity index (χ2v) is 16.7. The lowest BCUT2D eigenvalue weighted by molar-refractivity contribution is 1.18. The summed E-state index contributed by atoms with van der Waals surface area (Å²) in [6.45, 7) is 13.4. The topological polar surface area (TPSA) is 32.3 Å². The first-order chi connectivity index (χ1) is 28.7. The van der Waals surface area contributed by atoms with Gasteiger partial charge in [0.2, 0.25) is 0 Å². The van der Waals surface area contributed by atoms with Crippen molar-refractivity contribution in [2.75, 3.05) is 9.80 Å². The Bertz CT molecular complexity index is 2960. The Morgan fingerprint density at radius 3 is 1.22 bits per heavy atom. The molecule has 0 saturated carbocycles. The highest BCUT2D eigenvalue weighted by Gasteiger charge is 2.44. The lowest BCUT2D eigenvalue weighted by atomic mass is 9.33. The summed E-state index contributed by atoms with van der Waals surface area (Å²) in [4.78, 5) is 15.2. The Morgan fingerprint density at radius 2 is 0.797 bits per heavy atom. The molecule has 2 aromatic heterocycles. The van der Waals surface area contributed by atoms with Crippen LogP contribution in [0.4, 0.5) is 34.1 Å². The molecule has 4 nitrogen and oxygen atoms in total. The third kappa shape index (κ3) is 5.52. The molecule has 5 heteroatoms. The molecule has 0 atom stereocenters. The van der Waals surface area contributed by atoms with Gasteiger partial charge in [-0.25, -0.2) is 0 Å². The van der Waals surface area contributed by atoms with E-state index >= 15 is 0 Å². The molecule has 2 aliphatic rings. The molecule has 0 N–H and O–H groups in total. The van der Waals surface area contributed by atoms with Crippen LogP contribution in [0.15, 0.2) is 152 Å². The molecular formula is C54H43BN4. The van der Waals surface area contributed by atoms with Gasteiger partial charge < -0.3 is 9.80 Å². The van der Waals surface area contributed by atoms with Gasteiger partial charge in [-0.2, -0.15) is 0 Å².